The molecule has 3 N–H and O–H groups in total. The van der Waals surface area contributed by atoms with Gasteiger partial charge in [-0.3, -0.25) is 9.79 Å². The minimum atomic E-state index is -0.205. The predicted octanol–water partition coefficient (Wildman–Crippen LogP) is 2.57. The Kier molecular flexibility index (Phi) is 10.5. The first-order valence-corrected chi connectivity index (χ1v) is 7.84. The number of guanidine groups is 1. The lowest BCUT2D eigenvalue weighted by Gasteiger charge is -2.21. The van der Waals surface area contributed by atoms with Crippen molar-refractivity contribution in [2.45, 2.75) is 58.4 Å². The zero-order valence-corrected chi connectivity index (χ0v) is 16.6. The molecular weight excluding hydrogens is 391 g/mol. The highest BCUT2D eigenvalue weighted by atomic mass is 127. The van der Waals surface area contributed by atoms with E-state index >= 15 is 0 Å². The predicted molar refractivity (Wildman–Crippen MR) is 104 cm³/mol. The summed E-state index contributed by atoms with van der Waals surface area (Å²) < 4.78 is 0. The highest BCUT2D eigenvalue weighted by molar-refractivity contribution is 14.0. The molecule has 1 aliphatic rings. The number of carbonyl (C=O) groups is 1. The van der Waals surface area contributed by atoms with E-state index in [0.717, 1.165) is 13.0 Å². The van der Waals surface area contributed by atoms with E-state index in [1.165, 1.54) is 31.3 Å². The second-order valence-electron chi connectivity index (χ2n) is 6.51. The van der Waals surface area contributed by atoms with Crippen LogP contribution in [0.3, 0.4) is 0 Å². The lowest BCUT2D eigenvalue weighted by molar-refractivity contribution is -0.121. The number of hydrogen-bond acceptors (Lipinski definition) is 2. The standard InChI is InChI=1S/C16H30N4O.HI/c1-16(2,3)20-14(21)12-19-15(17-4)18-11-10-13-8-6-5-7-9-13;/h8H,5-7,9-12H2,1-4H3,(H,20,21)(H2,17,18,19);1H. The minimum absolute atomic E-state index is 0. The number of nitrogens with zero attached hydrogens (tertiary/aromatic N) is 1. The smallest absolute Gasteiger partial charge is 0.239 e. The number of carbonyl (C=O) groups excluding carboxylic acids is 1. The summed E-state index contributed by atoms with van der Waals surface area (Å²) in [4.78, 5) is 15.9. The Morgan fingerprint density at radius 3 is 2.55 bits per heavy atom. The van der Waals surface area contributed by atoms with E-state index in [-0.39, 0.29) is 42.0 Å². The number of amides is 1. The molecule has 5 nitrogen and oxygen atoms in total. The van der Waals surface area contributed by atoms with Crippen molar-refractivity contribution >= 4 is 35.8 Å². The summed E-state index contributed by atoms with van der Waals surface area (Å²) in [5.74, 6) is 0.649. The van der Waals surface area contributed by atoms with Gasteiger partial charge < -0.3 is 16.0 Å². The average molecular weight is 422 g/mol. The fraction of sp³-hybridized carbons (Fsp3) is 0.750. The first kappa shape index (κ1) is 21.2. The molecule has 1 rings (SSSR count). The van der Waals surface area contributed by atoms with Gasteiger partial charge in [-0.25, -0.2) is 0 Å². The van der Waals surface area contributed by atoms with Crippen LogP contribution in [0.2, 0.25) is 0 Å². The molecule has 0 aromatic carbocycles. The third kappa shape index (κ3) is 10.0. The minimum Gasteiger partial charge on any atom is -0.356 e. The molecule has 0 aromatic heterocycles. The summed E-state index contributed by atoms with van der Waals surface area (Å²) in [6.45, 7) is 6.99. The third-order valence-corrected chi connectivity index (χ3v) is 3.28. The number of aliphatic imine (C=N–C) groups is 1. The van der Waals surface area contributed by atoms with Crippen molar-refractivity contribution in [1.29, 1.82) is 0 Å². The first-order chi connectivity index (χ1) is 9.90. The molecule has 0 saturated heterocycles. The van der Waals surface area contributed by atoms with Crippen molar-refractivity contribution < 1.29 is 4.79 Å². The second kappa shape index (κ2) is 10.9. The molecule has 0 spiro atoms. The average Bonchev–Trinajstić information content (AvgIpc) is 2.42. The topological polar surface area (TPSA) is 65.5 Å². The Hall–Kier alpha value is -0.790. The molecular formula is C16H31IN4O. The van der Waals surface area contributed by atoms with Gasteiger partial charge in [-0.1, -0.05) is 11.6 Å². The monoisotopic (exact) mass is 422 g/mol. The number of hydrogen-bond donors (Lipinski definition) is 3. The molecule has 1 amide bonds. The van der Waals surface area contributed by atoms with Gasteiger partial charge in [0.15, 0.2) is 5.96 Å². The highest BCUT2D eigenvalue weighted by Crippen LogP contribution is 2.19. The van der Waals surface area contributed by atoms with Crippen molar-refractivity contribution in [3.05, 3.63) is 11.6 Å². The van der Waals surface area contributed by atoms with Gasteiger partial charge in [-0.05, 0) is 52.9 Å². The normalized spacial score (nSPS) is 15.5. The van der Waals surface area contributed by atoms with Crippen molar-refractivity contribution in [3.63, 3.8) is 0 Å². The van der Waals surface area contributed by atoms with Crippen LogP contribution in [-0.2, 0) is 4.79 Å². The van der Waals surface area contributed by atoms with Crippen molar-refractivity contribution in [3.8, 4) is 0 Å². The molecule has 0 atom stereocenters. The van der Waals surface area contributed by atoms with Gasteiger partial charge in [-0.2, -0.15) is 0 Å². The van der Waals surface area contributed by atoms with Gasteiger partial charge >= 0.3 is 0 Å². The van der Waals surface area contributed by atoms with Crippen molar-refractivity contribution in [2.24, 2.45) is 4.99 Å². The summed E-state index contributed by atoms with van der Waals surface area (Å²) in [6.07, 6.45) is 8.48. The van der Waals surface area contributed by atoms with Crippen molar-refractivity contribution in [1.82, 2.24) is 16.0 Å². The van der Waals surface area contributed by atoms with Gasteiger partial charge in [0.25, 0.3) is 0 Å². The van der Waals surface area contributed by atoms with Gasteiger partial charge in [0.1, 0.15) is 0 Å². The molecule has 0 aliphatic heterocycles. The maximum absolute atomic E-state index is 11.7. The fourth-order valence-electron chi connectivity index (χ4n) is 2.32. The summed E-state index contributed by atoms with van der Waals surface area (Å²) in [5.41, 5.74) is 1.33. The lowest BCUT2D eigenvalue weighted by Crippen LogP contribution is -2.48. The molecule has 22 heavy (non-hydrogen) atoms. The van der Waals surface area contributed by atoms with Crippen LogP contribution in [0.15, 0.2) is 16.6 Å². The first-order valence-electron chi connectivity index (χ1n) is 7.84. The Balaban J connectivity index is 0.00000441. The van der Waals surface area contributed by atoms with E-state index in [4.69, 9.17) is 0 Å². The zero-order valence-electron chi connectivity index (χ0n) is 14.3. The number of allylic oxidation sites excluding steroid dienone is 1. The Morgan fingerprint density at radius 2 is 2.00 bits per heavy atom. The summed E-state index contributed by atoms with van der Waals surface area (Å²) >= 11 is 0. The molecule has 0 aromatic rings. The fourth-order valence-corrected chi connectivity index (χ4v) is 2.32. The molecule has 6 heteroatoms. The van der Waals surface area contributed by atoms with Gasteiger partial charge in [0.05, 0.1) is 6.54 Å². The summed E-state index contributed by atoms with van der Waals surface area (Å²) in [5, 5.41) is 9.20. The van der Waals surface area contributed by atoms with E-state index in [1.54, 1.807) is 7.05 Å². The summed E-state index contributed by atoms with van der Waals surface area (Å²) in [7, 11) is 1.72. The van der Waals surface area contributed by atoms with Crippen LogP contribution in [0, 0.1) is 0 Å². The van der Waals surface area contributed by atoms with E-state index in [9.17, 15) is 4.79 Å². The van der Waals surface area contributed by atoms with E-state index in [1.807, 2.05) is 20.8 Å². The number of nitrogens with one attached hydrogen (secondary N) is 3. The van der Waals surface area contributed by atoms with E-state index < -0.39 is 0 Å². The molecule has 0 saturated carbocycles. The lowest BCUT2D eigenvalue weighted by atomic mass is 9.97. The van der Waals surface area contributed by atoms with Crippen LogP contribution in [0.1, 0.15) is 52.9 Å². The molecule has 0 fully saturated rings. The third-order valence-electron chi connectivity index (χ3n) is 3.28. The Morgan fingerprint density at radius 1 is 1.27 bits per heavy atom. The molecule has 0 bridgehead atoms. The van der Waals surface area contributed by atoms with Crippen LogP contribution >= 0.6 is 24.0 Å². The van der Waals surface area contributed by atoms with Gasteiger partial charge in [-0.15, -0.1) is 24.0 Å². The Labute approximate surface area is 151 Å². The van der Waals surface area contributed by atoms with Crippen molar-refractivity contribution in [2.75, 3.05) is 20.1 Å². The molecule has 0 unspecified atom stereocenters. The van der Waals surface area contributed by atoms with E-state index in [0.29, 0.717) is 5.96 Å². The highest BCUT2D eigenvalue weighted by Gasteiger charge is 2.13. The Bertz CT molecular complexity index is 399. The molecule has 0 heterocycles. The SMILES string of the molecule is CN=C(NCCC1=CCCCC1)NCC(=O)NC(C)(C)C.I. The maximum atomic E-state index is 11.7. The summed E-state index contributed by atoms with van der Waals surface area (Å²) in [6, 6.07) is 0. The molecule has 0 radical (unpaired) electrons. The maximum Gasteiger partial charge on any atom is 0.239 e. The van der Waals surface area contributed by atoms with Crippen LogP contribution in [-0.4, -0.2) is 37.5 Å². The zero-order chi connectivity index (χ0) is 15.7. The van der Waals surface area contributed by atoms with Crippen LogP contribution in [0.25, 0.3) is 0 Å². The number of rotatable bonds is 5. The van der Waals surface area contributed by atoms with Crippen LogP contribution < -0.4 is 16.0 Å². The quantitative estimate of drug-likeness (QED) is 0.276. The van der Waals surface area contributed by atoms with Gasteiger partial charge in [0.2, 0.25) is 5.91 Å². The molecule has 128 valence electrons. The largest absolute Gasteiger partial charge is 0.356 e. The molecule has 1 aliphatic carbocycles. The van der Waals surface area contributed by atoms with Crippen LogP contribution in [0.4, 0.5) is 0 Å². The van der Waals surface area contributed by atoms with E-state index in [2.05, 4.69) is 27.0 Å². The van der Waals surface area contributed by atoms with Gasteiger partial charge in [0, 0.05) is 19.1 Å². The second-order valence-corrected chi connectivity index (χ2v) is 6.51. The number of halogens is 1. The van der Waals surface area contributed by atoms with Crippen LogP contribution in [0.5, 0.6) is 0 Å².